The summed E-state index contributed by atoms with van der Waals surface area (Å²) in [4.78, 5) is 17.1. The first-order valence-electron chi connectivity index (χ1n) is 14.2. The van der Waals surface area contributed by atoms with E-state index in [1.54, 1.807) is 6.20 Å². The molecule has 198 valence electrons. The SMILES string of the molecule is Nc1ncccc1-c1nc2ccc(C3=CCCC=C3)nc2n1-c1ccc(CN2CCC3(CCCNC3)C2)cc1. The summed E-state index contributed by atoms with van der Waals surface area (Å²) in [5.74, 6) is 1.22. The quantitative estimate of drug-likeness (QED) is 0.370. The molecule has 0 radical (unpaired) electrons. The lowest BCUT2D eigenvalue weighted by atomic mass is 9.80. The number of piperidine rings is 1. The van der Waals surface area contributed by atoms with E-state index in [4.69, 9.17) is 15.7 Å². The Balaban J connectivity index is 1.24. The van der Waals surface area contributed by atoms with Crippen molar-refractivity contribution in [1.82, 2.24) is 29.7 Å². The number of fused-ring (bicyclic) bond motifs is 1. The predicted molar refractivity (Wildman–Crippen MR) is 157 cm³/mol. The Morgan fingerprint density at radius 3 is 2.72 bits per heavy atom. The number of nitrogens with two attached hydrogens (primary N) is 1. The molecule has 7 heteroatoms. The van der Waals surface area contributed by atoms with E-state index in [0.29, 0.717) is 11.2 Å². The molecule has 3 aliphatic rings. The van der Waals surface area contributed by atoms with Gasteiger partial charge in [-0.2, -0.15) is 0 Å². The number of hydrogen-bond donors (Lipinski definition) is 2. The van der Waals surface area contributed by atoms with Crippen LogP contribution in [-0.4, -0.2) is 50.6 Å². The number of likely N-dealkylation sites (tertiary alicyclic amines) is 1. The van der Waals surface area contributed by atoms with Crippen LogP contribution < -0.4 is 11.1 Å². The van der Waals surface area contributed by atoms with Crippen LogP contribution in [0.1, 0.15) is 43.4 Å². The van der Waals surface area contributed by atoms with Gasteiger partial charge in [-0.1, -0.05) is 30.4 Å². The van der Waals surface area contributed by atoms with Crippen molar-refractivity contribution in [3.05, 3.63) is 84.2 Å². The molecule has 1 atom stereocenters. The van der Waals surface area contributed by atoms with Crippen molar-refractivity contribution in [2.24, 2.45) is 5.41 Å². The molecule has 0 bridgehead atoms. The summed E-state index contributed by atoms with van der Waals surface area (Å²) in [5.41, 5.74) is 13.7. The Morgan fingerprint density at radius 1 is 1.00 bits per heavy atom. The van der Waals surface area contributed by atoms with Gasteiger partial charge in [0.1, 0.15) is 11.3 Å². The number of anilines is 1. The van der Waals surface area contributed by atoms with Crippen LogP contribution in [0.15, 0.2) is 73.0 Å². The molecule has 1 aromatic carbocycles. The van der Waals surface area contributed by atoms with Gasteiger partial charge in [0, 0.05) is 31.5 Å². The van der Waals surface area contributed by atoms with Gasteiger partial charge in [0.2, 0.25) is 0 Å². The average molecular weight is 518 g/mol. The van der Waals surface area contributed by atoms with Crippen LogP contribution in [0.3, 0.4) is 0 Å². The molecule has 5 heterocycles. The zero-order valence-electron chi connectivity index (χ0n) is 22.3. The molecule has 2 aliphatic heterocycles. The highest BCUT2D eigenvalue weighted by molar-refractivity contribution is 5.85. The Bertz CT molecular complexity index is 1560. The molecule has 3 aromatic heterocycles. The molecule has 1 aliphatic carbocycles. The van der Waals surface area contributed by atoms with Gasteiger partial charge < -0.3 is 11.1 Å². The third-order valence-electron chi connectivity index (χ3n) is 8.55. The Labute approximate surface area is 229 Å². The van der Waals surface area contributed by atoms with Gasteiger partial charge in [-0.15, -0.1) is 0 Å². The van der Waals surface area contributed by atoms with Gasteiger partial charge in [-0.3, -0.25) is 9.47 Å². The second-order valence-electron chi connectivity index (χ2n) is 11.3. The predicted octanol–water partition coefficient (Wildman–Crippen LogP) is 5.37. The maximum absolute atomic E-state index is 6.33. The van der Waals surface area contributed by atoms with E-state index in [1.807, 2.05) is 12.1 Å². The van der Waals surface area contributed by atoms with Crippen molar-refractivity contribution in [3.63, 3.8) is 0 Å². The lowest BCUT2D eigenvalue weighted by Gasteiger charge is -2.34. The number of hydrogen-bond acceptors (Lipinski definition) is 6. The van der Waals surface area contributed by atoms with Gasteiger partial charge in [-0.25, -0.2) is 15.0 Å². The van der Waals surface area contributed by atoms with Gasteiger partial charge in [0.15, 0.2) is 11.5 Å². The number of aromatic nitrogens is 4. The molecule has 7 nitrogen and oxygen atoms in total. The molecular weight excluding hydrogens is 482 g/mol. The largest absolute Gasteiger partial charge is 0.383 e. The monoisotopic (exact) mass is 517 g/mol. The van der Waals surface area contributed by atoms with E-state index < -0.39 is 0 Å². The minimum atomic E-state index is 0.462. The lowest BCUT2D eigenvalue weighted by molar-refractivity contribution is 0.199. The van der Waals surface area contributed by atoms with Crippen molar-refractivity contribution in [2.45, 2.75) is 38.6 Å². The van der Waals surface area contributed by atoms with E-state index >= 15 is 0 Å². The fourth-order valence-corrected chi connectivity index (χ4v) is 6.50. The minimum Gasteiger partial charge on any atom is -0.383 e. The van der Waals surface area contributed by atoms with Crippen molar-refractivity contribution < 1.29 is 0 Å². The minimum absolute atomic E-state index is 0.462. The van der Waals surface area contributed by atoms with Crippen LogP contribution >= 0.6 is 0 Å². The summed E-state index contributed by atoms with van der Waals surface area (Å²) in [6.07, 6.45) is 14.4. The average Bonchev–Trinajstić information content (AvgIpc) is 3.55. The van der Waals surface area contributed by atoms with Crippen LogP contribution in [0.25, 0.3) is 33.8 Å². The summed E-state index contributed by atoms with van der Waals surface area (Å²) in [5, 5.41) is 3.63. The molecule has 2 fully saturated rings. The molecule has 2 saturated heterocycles. The number of allylic oxidation sites excluding steroid dienone is 4. The summed E-state index contributed by atoms with van der Waals surface area (Å²) in [6.45, 7) is 5.69. The molecule has 0 amide bonds. The summed E-state index contributed by atoms with van der Waals surface area (Å²) in [6, 6.07) is 16.9. The van der Waals surface area contributed by atoms with E-state index in [0.717, 1.165) is 65.4 Å². The number of rotatable bonds is 5. The molecule has 1 spiro atoms. The van der Waals surface area contributed by atoms with Crippen LogP contribution in [0.5, 0.6) is 0 Å². The summed E-state index contributed by atoms with van der Waals surface area (Å²) >= 11 is 0. The van der Waals surface area contributed by atoms with Crippen LogP contribution in [0.2, 0.25) is 0 Å². The molecule has 0 saturated carbocycles. The van der Waals surface area contributed by atoms with Crippen LogP contribution in [-0.2, 0) is 6.54 Å². The fourth-order valence-electron chi connectivity index (χ4n) is 6.50. The maximum atomic E-state index is 6.33. The maximum Gasteiger partial charge on any atom is 0.165 e. The summed E-state index contributed by atoms with van der Waals surface area (Å²) < 4.78 is 2.13. The Kier molecular flexibility index (Phi) is 6.25. The molecular formula is C32H35N7. The smallest absolute Gasteiger partial charge is 0.165 e. The van der Waals surface area contributed by atoms with Crippen molar-refractivity contribution in [1.29, 1.82) is 0 Å². The highest BCUT2D eigenvalue weighted by Gasteiger charge is 2.38. The van der Waals surface area contributed by atoms with Gasteiger partial charge in [0.25, 0.3) is 0 Å². The second kappa shape index (κ2) is 10.1. The van der Waals surface area contributed by atoms with Crippen LogP contribution in [0.4, 0.5) is 5.82 Å². The molecule has 4 aromatic rings. The molecule has 39 heavy (non-hydrogen) atoms. The Hall–Kier alpha value is -3.81. The van der Waals surface area contributed by atoms with Gasteiger partial charge in [-0.05, 0) is 98.1 Å². The molecule has 1 unspecified atom stereocenters. The van der Waals surface area contributed by atoms with Crippen LogP contribution in [0, 0.1) is 5.41 Å². The van der Waals surface area contributed by atoms with E-state index in [1.165, 1.54) is 44.5 Å². The number of benzene rings is 1. The highest BCUT2D eigenvalue weighted by atomic mass is 15.2. The van der Waals surface area contributed by atoms with Gasteiger partial charge >= 0.3 is 0 Å². The third kappa shape index (κ3) is 4.66. The van der Waals surface area contributed by atoms with Crippen molar-refractivity contribution in [3.8, 4) is 17.1 Å². The standard InChI is InChI=1S/C32H35N7/c33-29-26(8-4-18-35-29)30-37-28-14-13-27(24-6-2-1-3-7-24)36-31(28)39(30)25-11-9-23(10-12-25)20-38-19-16-32(22-38)15-5-17-34-21-32/h2,4,6-14,18,34H,1,3,5,15-17,19-22H2,(H2,33,35). The third-order valence-corrected chi connectivity index (χ3v) is 8.55. The van der Waals surface area contributed by atoms with Gasteiger partial charge in [0.05, 0.1) is 11.3 Å². The normalized spacial score (nSPS) is 21.6. The number of nitrogen functional groups attached to an aromatic ring is 1. The molecule has 7 rings (SSSR count). The zero-order valence-corrected chi connectivity index (χ0v) is 22.3. The molecule has 3 N–H and O–H groups in total. The van der Waals surface area contributed by atoms with Crippen molar-refractivity contribution in [2.75, 3.05) is 31.9 Å². The zero-order chi connectivity index (χ0) is 26.2. The number of imidazole rings is 1. The Morgan fingerprint density at radius 2 is 1.92 bits per heavy atom. The van der Waals surface area contributed by atoms with E-state index in [9.17, 15) is 0 Å². The summed E-state index contributed by atoms with van der Waals surface area (Å²) in [7, 11) is 0. The van der Waals surface area contributed by atoms with E-state index in [2.05, 4.69) is 74.4 Å². The number of nitrogens with zero attached hydrogens (tertiary/aromatic N) is 5. The topological polar surface area (TPSA) is 84.9 Å². The number of pyridine rings is 2. The second-order valence-corrected chi connectivity index (χ2v) is 11.3. The number of nitrogens with one attached hydrogen (secondary N) is 1. The lowest BCUT2D eigenvalue weighted by Crippen LogP contribution is -2.41. The first kappa shape index (κ1) is 24.2. The first-order chi connectivity index (χ1) is 19.2. The van der Waals surface area contributed by atoms with E-state index in [-0.39, 0.29) is 0 Å². The fraction of sp³-hybridized carbons (Fsp3) is 0.344. The first-order valence-corrected chi connectivity index (χ1v) is 14.2. The van der Waals surface area contributed by atoms with Crippen molar-refractivity contribution >= 4 is 22.6 Å². The highest BCUT2D eigenvalue weighted by Crippen LogP contribution is 2.37.